The van der Waals surface area contributed by atoms with E-state index in [4.69, 9.17) is 26.8 Å². The van der Waals surface area contributed by atoms with E-state index < -0.39 is 11.9 Å². The molecule has 1 aromatic rings. The van der Waals surface area contributed by atoms with Crippen molar-refractivity contribution < 1.29 is 14.3 Å². The van der Waals surface area contributed by atoms with Crippen LogP contribution in [0.4, 0.5) is 0 Å². The van der Waals surface area contributed by atoms with Gasteiger partial charge in [-0.25, -0.2) is 0 Å². The number of halogens is 1. The Morgan fingerprint density at radius 3 is 2.80 bits per heavy atom. The number of carbonyl (C=O) groups is 1. The first-order valence-corrected chi connectivity index (χ1v) is 7.17. The number of hydrogen-bond acceptors (Lipinski definition) is 4. The number of fused-ring (bicyclic) bond motifs is 1. The Bertz CT molecular complexity index is 531. The van der Waals surface area contributed by atoms with Crippen LogP contribution in [0.3, 0.4) is 0 Å². The maximum absolute atomic E-state index is 11.7. The van der Waals surface area contributed by atoms with Crippen LogP contribution in [0.25, 0.3) is 0 Å². The van der Waals surface area contributed by atoms with Gasteiger partial charge in [-0.3, -0.25) is 10.1 Å². The molecular weight excluding hydrogens is 280 g/mol. The molecule has 1 unspecified atom stereocenters. The second-order valence-electron chi connectivity index (χ2n) is 5.16. The molecule has 0 aromatic heterocycles. The quantitative estimate of drug-likeness (QED) is 0.888. The molecule has 1 aliphatic carbocycles. The summed E-state index contributed by atoms with van der Waals surface area (Å²) < 4.78 is 11.2. The minimum Gasteiger partial charge on any atom is -0.489 e. The molecular formula is C14H17ClN2O3. The minimum atomic E-state index is -0.544. The first-order chi connectivity index (χ1) is 9.65. The predicted molar refractivity (Wildman–Crippen MR) is 75.2 cm³/mol. The largest absolute Gasteiger partial charge is 0.489 e. The summed E-state index contributed by atoms with van der Waals surface area (Å²) >= 11 is 6.24. The summed E-state index contributed by atoms with van der Waals surface area (Å²) in [6, 6.07) is 3.33. The van der Waals surface area contributed by atoms with Crippen LogP contribution < -0.4 is 20.5 Å². The average Bonchev–Trinajstić information content (AvgIpc) is 3.22. The zero-order chi connectivity index (χ0) is 14.1. The molecule has 3 N–H and O–H groups in total. The second kappa shape index (κ2) is 5.50. The fraction of sp³-hybridized carbons (Fsp3) is 0.500. The molecule has 6 heteroatoms. The van der Waals surface area contributed by atoms with E-state index in [1.807, 2.05) is 0 Å². The monoisotopic (exact) mass is 296 g/mol. The highest BCUT2D eigenvalue weighted by atomic mass is 35.5. The van der Waals surface area contributed by atoms with E-state index in [0.29, 0.717) is 35.8 Å². The smallest absolute Gasteiger partial charge is 0.239 e. The number of nitrogens with two attached hydrogens (primary N) is 1. The summed E-state index contributed by atoms with van der Waals surface area (Å²) in [7, 11) is 0. The van der Waals surface area contributed by atoms with E-state index >= 15 is 0 Å². The fourth-order valence-electron chi connectivity index (χ4n) is 2.25. The summed E-state index contributed by atoms with van der Waals surface area (Å²) in [6.45, 7) is 1.15. The summed E-state index contributed by atoms with van der Waals surface area (Å²) in [5.74, 6) is 0.707. The van der Waals surface area contributed by atoms with Crippen LogP contribution in [0, 0.1) is 0 Å². The zero-order valence-corrected chi connectivity index (χ0v) is 11.8. The average molecular weight is 297 g/mol. The van der Waals surface area contributed by atoms with Gasteiger partial charge >= 0.3 is 0 Å². The Morgan fingerprint density at radius 2 is 2.10 bits per heavy atom. The topological polar surface area (TPSA) is 73.6 Å². The summed E-state index contributed by atoms with van der Waals surface area (Å²) in [5.41, 5.74) is 6.21. The number of amides is 1. The second-order valence-corrected chi connectivity index (χ2v) is 5.56. The third-order valence-electron chi connectivity index (χ3n) is 3.42. The molecule has 1 atom stereocenters. The van der Waals surface area contributed by atoms with Crippen LogP contribution in [0.1, 0.15) is 30.9 Å². The lowest BCUT2D eigenvalue weighted by Crippen LogP contribution is -2.34. The van der Waals surface area contributed by atoms with Crippen LogP contribution in [0.5, 0.6) is 11.5 Å². The summed E-state index contributed by atoms with van der Waals surface area (Å²) in [5, 5.41) is 3.67. The molecule has 1 heterocycles. The molecule has 108 valence electrons. The van der Waals surface area contributed by atoms with Gasteiger partial charge in [0.25, 0.3) is 0 Å². The zero-order valence-electron chi connectivity index (χ0n) is 11.0. The van der Waals surface area contributed by atoms with Crippen molar-refractivity contribution in [1.82, 2.24) is 5.32 Å². The Morgan fingerprint density at radius 1 is 1.35 bits per heavy atom. The molecule has 2 aliphatic rings. The van der Waals surface area contributed by atoms with Gasteiger partial charge in [0, 0.05) is 12.5 Å². The minimum absolute atomic E-state index is 0.363. The third kappa shape index (κ3) is 2.83. The normalized spacial score (nSPS) is 19.2. The first-order valence-electron chi connectivity index (χ1n) is 6.79. The van der Waals surface area contributed by atoms with Crippen molar-refractivity contribution in [3.8, 4) is 11.5 Å². The van der Waals surface area contributed by atoms with Crippen molar-refractivity contribution in [2.75, 3.05) is 13.2 Å². The Kier molecular flexibility index (Phi) is 3.72. The van der Waals surface area contributed by atoms with Crippen molar-refractivity contribution in [3.63, 3.8) is 0 Å². The number of primary amides is 1. The van der Waals surface area contributed by atoms with Gasteiger partial charge in [-0.05, 0) is 30.5 Å². The van der Waals surface area contributed by atoms with E-state index in [1.165, 1.54) is 0 Å². The molecule has 1 amide bonds. The molecule has 0 bridgehead atoms. The van der Waals surface area contributed by atoms with Crippen molar-refractivity contribution >= 4 is 17.5 Å². The van der Waals surface area contributed by atoms with Gasteiger partial charge in [-0.1, -0.05) is 11.6 Å². The molecule has 1 fully saturated rings. The van der Waals surface area contributed by atoms with Crippen LogP contribution in [-0.2, 0) is 4.79 Å². The van der Waals surface area contributed by atoms with Gasteiger partial charge in [-0.15, -0.1) is 0 Å². The highest BCUT2D eigenvalue weighted by molar-refractivity contribution is 6.32. The van der Waals surface area contributed by atoms with Crippen molar-refractivity contribution in [2.45, 2.75) is 31.3 Å². The Balaban J connectivity index is 1.93. The van der Waals surface area contributed by atoms with Gasteiger partial charge < -0.3 is 15.2 Å². The molecule has 3 rings (SSSR count). The van der Waals surface area contributed by atoms with Crippen LogP contribution >= 0.6 is 11.6 Å². The molecule has 1 saturated carbocycles. The Hall–Kier alpha value is -1.46. The SMILES string of the molecule is NC(=O)C(NC1CC1)c1cc(Cl)c2c(c1)OCCCO2. The van der Waals surface area contributed by atoms with Crippen molar-refractivity contribution in [2.24, 2.45) is 5.73 Å². The summed E-state index contributed by atoms with van der Waals surface area (Å²) in [4.78, 5) is 11.7. The van der Waals surface area contributed by atoms with E-state index in [-0.39, 0.29) is 0 Å². The van der Waals surface area contributed by atoms with Gasteiger partial charge in [0.2, 0.25) is 5.91 Å². The van der Waals surface area contributed by atoms with E-state index in [9.17, 15) is 4.79 Å². The highest BCUT2D eigenvalue weighted by Gasteiger charge is 2.29. The molecule has 0 radical (unpaired) electrons. The van der Waals surface area contributed by atoms with Gasteiger partial charge in [-0.2, -0.15) is 0 Å². The third-order valence-corrected chi connectivity index (χ3v) is 3.70. The molecule has 1 aromatic carbocycles. The Labute approximate surface area is 122 Å². The standard InChI is InChI=1S/C14H17ClN2O3/c15-10-6-8(12(14(16)18)17-9-2-3-9)7-11-13(10)20-5-1-4-19-11/h6-7,9,12,17H,1-5H2,(H2,16,18). The van der Waals surface area contributed by atoms with Crippen molar-refractivity contribution in [1.29, 1.82) is 0 Å². The van der Waals surface area contributed by atoms with Gasteiger partial charge in [0.15, 0.2) is 11.5 Å². The van der Waals surface area contributed by atoms with E-state index in [2.05, 4.69) is 5.32 Å². The number of carbonyl (C=O) groups excluding carboxylic acids is 1. The molecule has 20 heavy (non-hydrogen) atoms. The number of hydrogen-bond donors (Lipinski definition) is 2. The highest BCUT2D eigenvalue weighted by Crippen LogP contribution is 2.39. The lowest BCUT2D eigenvalue weighted by atomic mass is 10.1. The van der Waals surface area contributed by atoms with Gasteiger partial charge in [0.1, 0.15) is 6.04 Å². The molecule has 0 saturated heterocycles. The van der Waals surface area contributed by atoms with Crippen molar-refractivity contribution in [3.05, 3.63) is 22.7 Å². The predicted octanol–water partition coefficient (Wildman–Crippen LogP) is 1.78. The maximum atomic E-state index is 11.7. The van der Waals surface area contributed by atoms with Crippen LogP contribution in [0.15, 0.2) is 12.1 Å². The molecule has 0 spiro atoms. The maximum Gasteiger partial charge on any atom is 0.239 e. The van der Waals surface area contributed by atoms with E-state index in [1.54, 1.807) is 12.1 Å². The number of rotatable bonds is 4. The number of ether oxygens (including phenoxy) is 2. The summed E-state index contributed by atoms with van der Waals surface area (Å²) in [6.07, 6.45) is 2.95. The van der Waals surface area contributed by atoms with E-state index in [0.717, 1.165) is 24.8 Å². The van der Waals surface area contributed by atoms with Crippen LogP contribution in [0.2, 0.25) is 5.02 Å². The number of nitrogens with one attached hydrogen (secondary N) is 1. The van der Waals surface area contributed by atoms with Gasteiger partial charge in [0.05, 0.1) is 18.2 Å². The lowest BCUT2D eigenvalue weighted by Gasteiger charge is -2.18. The molecule has 1 aliphatic heterocycles. The lowest BCUT2D eigenvalue weighted by molar-refractivity contribution is -0.120. The fourth-order valence-corrected chi connectivity index (χ4v) is 2.52. The number of benzene rings is 1. The van der Waals surface area contributed by atoms with Crippen LogP contribution in [-0.4, -0.2) is 25.2 Å². The molecule has 5 nitrogen and oxygen atoms in total. The first kappa shape index (κ1) is 13.5.